The van der Waals surface area contributed by atoms with Crippen molar-refractivity contribution in [1.29, 1.82) is 0 Å². The predicted molar refractivity (Wildman–Crippen MR) is 124 cm³/mol. The third kappa shape index (κ3) is 4.00. The number of tetrazole rings is 1. The molecule has 0 saturated carbocycles. The van der Waals surface area contributed by atoms with Crippen LogP contribution in [0.5, 0.6) is 0 Å². The van der Waals surface area contributed by atoms with Crippen LogP contribution in [-0.4, -0.2) is 34.7 Å². The van der Waals surface area contributed by atoms with Gasteiger partial charge in [0.15, 0.2) is 5.82 Å². The molecule has 4 aromatic rings. The Labute approximate surface area is 187 Å². The van der Waals surface area contributed by atoms with Gasteiger partial charge < -0.3 is 0 Å². The maximum Gasteiger partial charge on any atom is 0.329 e. The number of hydrogen-bond acceptors (Lipinski definition) is 5. The van der Waals surface area contributed by atoms with Gasteiger partial charge in [0.25, 0.3) is 0 Å². The fraction of sp³-hybridized carbons (Fsp3) is 0.375. The van der Waals surface area contributed by atoms with Crippen LogP contribution in [0.25, 0.3) is 22.5 Å². The summed E-state index contributed by atoms with van der Waals surface area (Å²) in [7, 11) is 0. The van der Waals surface area contributed by atoms with Gasteiger partial charge in [0.1, 0.15) is 0 Å². The van der Waals surface area contributed by atoms with E-state index >= 15 is 0 Å². The lowest BCUT2D eigenvalue weighted by Gasteiger charge is -2.21. The van der Waals surface area contributed by atoms with Crippen molar-refractivity contribution in [3.63, 3.8) is 0 Å². The summed E-state index contributed by atoms with van der Waals surface area (Å²) in [5.41, 5.74) is 5.88. The highest BCUT2D eigenvalue weighted by Gasteiger charge is 2.24. The first-order valence-corrected chi connectivity index (χ1v) is 10.9. The Kier molecular flexibility index (Phi) is 5.78. The number of pyridine rings is 1. The first-order chi connectivity index (χ1) is 15.3. The number of H-pyrrole nitrogens is 1. The molecule has 3 aromatic heterocycles. The summed E-state index contributed by atoms with van der Waals surface area (Å²) in [6.45, 7) is 11.0. The van der Waals surface area contributed by atoms with Gasteiger partial charge in [-0.25, -0.2) is 9.89 Å². The lowest BCUT2D eigenvalue weighted by atomic mass is 10.0. The summed E-state index contributed by atoms with van der Waals surface area (Å²) < 4.78 is 3.84. The van der Waals surface area contributed by atoms with Crippen LogP contribution in [0.1, 0.15) is 51.1 Å². The summed E-state index contributed by atoms with van der Waals surface area (Å²) in [5.74, 6) is 0.598. The highest BCUT2D eigenvalue weighted by Crippen LogP contribution is 2.29. The Morgan fingerprint density at radius 3 is 2.44 bits per heavy atom. The minimum Gasteiger partial charge on any atom is -0.292 e. The molecule has 0 saturated heterocycles. The first-order valence-electron chi connectivity index (χ1n) is 10.9. The van der Waals surface area contributed by atoms with Crippen molar-refractivity contribution in [2.24, 2.45) is 0 Å². The lowest BCUT2D eigenvalue weighted by molar-refractivity contribution is 0.373. The van der Waals surface area contributed by atoms with Gasteiger partial charge in [-0.1, -0.05) is 37.6 Å². The van der Waals surface area contributed by atoms with Crippen LogP contribution < -0.4 is 5.69 Å². The van der Waals surface area contributed by atoms with E-state index in [9.17, 15) is 4.79 Å². The molecule has 166 valence electrons. The van der Waals surface area contributed by atoms with E-state index in [0.717, 1.165) is 46.5 Å². The van der Waals surface area contributed by atoms with Crippen LogP contribution in [0.4, 0.5) is 0 Å². The summed E-state index contributed by atoms with van der Waals surface area (Å²) in [4.78, 5) is 17.6. The van der Waals surface area contributed by atoms with Crippen molar-refractivity contribution >= 4 is 0 Å². The van der Waals surface area contributed by atoms with Gasteiger partial charge in [0, 0.05) is 40.4 Å². The highest BCUT2D eigenvalue weighted by molar-refractivity contribution is 5.79. The molecule has 0 amide bonds. The Hall–Kier alpha value is -3.55. The van der Waals surface area contributed by atoms with E-state index in [0.29, 0.717) is 12.4 Å². The molecule has 0 bridgehead atoms. The normalized spacial score (nSPS) is 11.8. The van der Waals surface area contributed by atoms with Crippen LogP contribution in [0.3, 0.4) is 0 Å². The molecule has 0 radical (unpaired) electrons. The fourth-order valence-corrected chi connectivity index (χ4v) is 4.29. The largest absolute Gasteiger partial charge is 0.329 e. The molecule has 1 aromatic carbocycles. The predicted octanol–water partition coefficient (Wildman–Crippen LogP) is 3.96. The molecule has 8 heteroatoms. The molecule has 0 fully saturated rings. The smallest absolute Gasteiger partial charge is 0.292 e. The van der Waals surface area contributed by atoms with E-state index in [1.54, 1.807) is 6.20 Å². The zero-order valence-electron chi connectivity index (χ0n) is 19.3. The Bertz CT molecular complexity index is 1260. The Balaban J connectivity index is 1.69. The van der Waals surface area contributed by atoms with Crippen molar-refractivity contribution in [3.05, 3.63) is 70.2 Å². The minimum atomic E-state index is -0.259. The maximum atomic E-state index is 13.3. The van der Waals surface area contributed by atoms with E-state index in [4.69, 9.17) is 0 Å². The average Bonchev–Trinajstić information content (AvgIpc) is 3.37. The zero-order valence-corrected chi connectivity index (χ0v) is 19.3. The molecule has 3 heterocycles. The van der Waals surface area contributed by atoms with Gasteiger partial charge in [0.2, 0.25) is 0 Å². The van der Waals surface area contributed by atoms with Crippen LogP contribution in [0, 0.1) is 6.92 Å². The van der Waals surface area contributed by atoms with Gasteiger partial charge in [0.05, 0.1) is 6.54 Å². The van der Waals surface area contributed by atoms with Crippen molar-refractivity contribution in [3.8, 4) is 22.5 Å². The summed E-state index contributed by atoms with van der Waals surface area (Å²) in [6, 6.07) is 10.1. The second kappa shape index (κ2) is 8.53. The van der Waals surface area contributed by atoms with E-state index in [-0.39, 0.29) is 11.2 Å². The second-order valence-electron chi connectivity index (χ2n) is 9.03. The SMILES string of the molecule is CCCc1c(C)n(C(C)(C)C)c(=O)n1Cc1ccc(-c2cnccc2-c2nnn[nH]2)cc1. The number of nitrogens with one attached hydrogen (secondary N) is 1. The number of aromatic amines is 1. The van der Waals surface area contributed by atoms with Gasteiger partial charge in [-0.15, -0.1) is 5.10 Å². The monoisotopic (exact) mass is 431 g/mol. The number of aromatic nitrogens is 7. The lowest BCUT2D eigenvalue weighted by Crippen LogP contribution is -2.35. The van der Waals surface area contributed by atoms with Crippen molar-refractivity contribution in [2.45, 2.75) is 59.5 Å². The van der Waals surface area contributed by atoms with Gasteiger partial charge in [-0.05, 0) is 61.7 Å². The summed E-state index contributed by atoms with van der Waals surface area (Å²) in [5, 5.41) is 14.2. The minimum absolute atomic E-state index is 0.0508. The van der Waals surface area contributed by atoms with Crippen molar-refractivity contribution < 1.29 is 0 Å². The van der Waals surface area contributed by atoms with E-state index in [2.05, 4.69) is 84.5 Å². The van der Waals surface area contributed by atoms with Gasteiger partial charge in [-0.2, -0.15) is 0 Å². The molecule has 32 heavy (non-hydrogen) atoms. The maximum absolute atomic E-state index is 13.3. The van der Waals surface area contributed by atoms with E-state index in [1.165, 1.54) is 0 Å². The van der Waals surface area contributed by atoms with Crippen LogP contribution in [0.15, 0.2) is 47.5 Å². The van der Waals surface area contributed by atoms with E-state index < -0.39 is 0 Å². The zero-order chi connectivity index (χ0) is 22.9. The number of benzene rings is 1. The average molecular weight is 432 g/mol. The standard InChI is InChI=1S/C24H29N7O/c1-6-7-21-16(2)31(24(3,4)5)23(32)30(21)15-17-8-10-18(11-9-17)20-14-25-13-12-19(20)22-26-28-29-27-22/h8-14H,6-7,15H2,1-5H3,(H,26,27,28,29). The number of rotatable bonds is 6. The quantitative estimate of drug-likeness (QED) is 0.499. The highest BCUT2D eigenvalue weighted by atomic mass is 16.2. The summed E-state index contributed by atoms with van der Waals surface area (Å²) in [6.07, 6.45) is 5.41. The number of imidazole rings is 1. The van der Waals surface area contributed by atoms with Gasteiger partial charge in [-0.3, -0.25) is 14.1 Å². The molecular formula is C24H29N7O. The molecule has 0 spiro atoms. The fourth-order valence-electron chi connectivity index (χ4n) is 4.29. The molecule has 0 unspecified atom stereocenters. The molecule has 8 nitrogen and oxygen atoms in total. The topological polar surface area (TPSA) is 94.3 Å². The molecular weight excluding hydrogens is 402 g/mol. The first kappa shape index (κ1) is 21.7. The second-order valence-corrected chi connectivity index (χ2v) is 9.03. The third-order valence-electron chi connectivity index (χ3n) is 5.69. The van der Waals surface area contributed by atoms with Crippen molar-refractivity contribution in [1.82, 2.24) is 34.7 Å². The van der Waals surface area contributed by atoms with Gasteiger partial charge >= 0.3 is 5.69 Å². The number of nitrogens with zero attached hydrogens (tertiary/aromatic N) is 6. The van der Waals surface area contributed by atoms with E-state index in [1.807, 2.05) is 21.4 Å². The summed E-state index contributed by atoms with van der Waals surface area (Å²) >= 11 is 0. The molecule has 1 N–H and O–H groups in total. The van der Waals surface area contributed by atoms with Crippen molar-refractivity contribution in [2.75, 3.05) is 0 Å². The molecule has 0 aliphatic heterocycles. The third-order valence-corrected chi connectivity index (χ3v) is 5.69. The van der Waals surface area contributed by atoms with Crippen LogP contribution >= 0.6 is 0 Å². The van der Waals surface area contributed by atoms with Crippen LogP contribution in [0.2, 0.25) is 0 Å². The molecule has 4 rings (SSSR count). The molecule has 0 atom stereocenters. The van der Waals surface area contributed by atoms with Crippen LogP contribution in [-0.2, 0) is 18.5 Å². The molecule has 0 aliphatic carbocycles. The Morgan fingerprint density at radius 1 is 1.06 bits per heavy atom. The molecule has 0 aliphatic rings. The number of hydrogen-bond donors (Lipinski definition) is 1. The Morgan fingerprint density at radius 2 is 1.81 bits per heavy atom.